The molecule has 0 aliphatic rings. The zero-order valence-electron chi connectivity index (χ0n) is 8.90. The minimum absolute atomic E-state index is 0.00639. The van der Waals surface area contributed by atoms with Gasteiger partial charge in [0.2, 0.25) is 0 Å². The van der Waals surface area contributed by atoms with E-state index in [0.717, 1.165) is 6.42 Å². The van der Waals surface area contributed by atoms with E-state index >= 15 is 0 Å². The van der Waals surface area contributed by atoms with E-state index < -0.39 is 6.17 Å². The zero-order chi connectivity index (χ0) is 11.5. The lowest BCUT2D eigenvalue weighted by atomic mass is 10.2. The molecule has 1 rings (SSSR count). The Morgan fingerprint density at radius 2 is 2.00 bits per heavy atom. The van der Waals surface area contributed by atoms with Crippen molar-refractivity contribution >= 4 is 12.0 Å². The molecule has 0 aliphatic heterocycles. The maximum absolute atomic E-state index is 11.8. The summed E-state index contributed by atoms with van der Waals surface area (Å²) in [4.78, 5) is 0. The van der Waals surface area contributed by atoms with Gasteiger partial charge in [0.1, 0.15) is 6.17 Å². The largest absolute Gasteiger partial charge is 0.330 e. The van der Waals surface area contributed by atoms with Crippen molar-refractivity contribution < 1.29 is 8.94 Å². The minimum Gasteiger partial charge on any atom is -0.330 e. The van der Waals surface area contributed by atoms with Crippen LogP contribution >= 0.6 is 12.0 Å². The third-order valence-corrected chi connectivity index (χ3v) is 2.27. The Kier molecular flexibility index (Phi) is 9.57. The summed E-state index contributed by atoms with van der Waals surface area (Å²) >= 11 is 0.479. The van der Waals surface area contributed by atoms with Crippen LogP contribution in [-0.4, -0.2) is 23.0 Å². The molecule has 15 heavy (non-hydrogen) atoms. The van der Waals surface area contributed by atoms with Gasteiger partial charge < -0.3 is 10.3 Å². The lowest BCUT2D eigenvalue weighted by Crippen LogP contribution is -2.16. The van der Waals surface area contributed by atoms with Crippen LogP contribution in [0, 0.1) is 0 Å². The van der Waals surface area contributed by atoms with Crippen LogP contribution < -0.4 is 5.73 Å². The number of hydrogen-bond acceptors (Lipinski definition) is 3. The van der Waals surface area contributed by atoms with Crippen LogP contribution in [0.25, 0.3) is 0 Å². The molecule has 0 heterocycles. The summed E-state index contributed by atoms with van der Waals surface area (Å²) in [7, 11) is 0. The van der Waals surface area contributed by atoms with Crippen molar-refractivity contribution in [3.8, 4) is 0 Å². The highest BCUT2D eigenvalue weighted by Crippen LogP contribution is 1.97. The fourth-order valence-electron chi connectivity index (χ4n) is 0.863. The van der Waals surface area contributed by atoms with E-state index in [0.29, 0.717) is 12.0 Å². The number of alkyl halides is 1. The number of aryl methyl sites for hydroxylation is 1. The SMILES string of the molecule is CCc1ccccc1.NCC(F)CSO. The number of halogens is 1. The Morgan fingerprint density at radius 3 is 2.27 bits per heavy atom. The van der Waals surface area contributed by atoms with Crippen molar-refractivity contribution in [2.24, 2.45) is 5.73 Å². The molecular weight excluding hydrogens is 213 g/mol. The smallest absolute Gasteiger partial charge is 0.123 e. The standard InChI is InChI=1S/C8H10.C3H8FNOS/c1-2-8-6-4-3-5-7-8;4-3(1-5)2-7-6/h3-7H,2H2,1H3;3,6H,1-2,5H2. The quantitative estimate of drug-likeness (QED) is 0.783. The highest BCUT2D eigenvalue weighted by Gasteiger charge is 1.99. The monoisotopic (exact) mass is 231 g/mol. The Labute approximate surface area is 94.9 Å². The van der Waals surface area contributed by atoms with E-state index in [1.54, 1.807) is 0 Å². The van der Waals surface area contributed by atoms with Gasteiger partial charge in [-0.15, -0.1) is 0 Å². The van der Waals surface area contributed by atoms with Crippen molar-refractivity contribution in [1.82, 2.24) is 0 Å². The van der Waals surface area contributed by atoms with Gasteiger partial charge in [-0.25, -0.2) is 4.39 Å². The number of hydrogen-bond donors (Lipinski definition) is 2. The highest BCUT2D eigenvalue weighted by molar-refractivity contribution is 7.93. The summed E-state index contributed by atoms with van der Waals surface area (Å²) in [6.07, 6.45) is 0.0795. The van der Waals surface area contributed by atoms with Gasteiger partial charge in [0.05, 0.1) is 5.75 Å². The first-order valence-corrected chi connectivity index (χ1v) is 5.83. The van der Waals surface area contributed by atoms with Crippen molar-refractivity contribution in [2.45, 2.75) is 19.5 Å². The predicted octanol–water partition coefficient (Wildman–Crippen LogP) is 2.74. The predicted molar refractivity (Wildman–Crippen MR) is 64.9 cm³/mol. The summed E-state index contributed by atoms with van der Waals surface area (Å²) in [6.45, 7) is 2.16. The van der Waals surface area contributed by atoms with Crippen LogP contribution in [0.3, 0.4) is 0 Å². The average Bonchev–Trinajstić information content (AvgIpc) is 2.31. The molecule has 3 N–H and O–H groups in total. The fourth-order valence-corrected chi connectivity index (χ4v) is 1.16. The third-order valence-electron chi connectivity index (χ3n) is 1.76. The van der Waals surface area contributed by atoms with E-state index in [-0.39, 0.29) is 12.3 Å². The van der Waals surface area contributed by atoms with Gasteiger partial charge in [-0.05, 0) is 24.0 Å². The summed E-state index contributed by atoms with van der Waals surface area (Å²) in [5.74, 6) is 0.0799. The maximum Gasteiger partial charge on any atom is 0.123 e. The van der Waals surface area contributed by atoms with Crippen LogP contribution in [0.15, 0.2) is 30.3 Å². The molecule has 1 atom stereocenters. The first kappa shape index (κ1) is 14.4. The average molecular weight is 231 g/mol. The van der Waals surface area contributed by atoms with Gasteiger partial charge >= 0.3 is 0 Å². The summed E-state index contributed by atoms with van der Waals surface area (Å²) in [5.41, 5.74) is 6.27. The molecule has 0 fully saturated rings. The molecule has 0 saturated heterocycles. The fraction of sp³-hybridized carbons (Fsp3) is 0.455. The van der Waals surface area contributed by atoms with Gasteiger partial charge in [-0.1, -0.05) is 37.3 Å². The molecular formula is C11H18FNOS. The Morgan fingerprint density at radius 1 is 1.40 bits per heavy atom. The molecule has 0 bridgehead atoms. The second-order valence-corrected chi connectivity index (χ2v) is 3.56. The molecule has 0 radical (unpaired) electrons. The van der Waals surface area contributed by atoms with Crippen LogP contribution in [0.4, 0.5) is 4.39 Å². The second-order valence-electron chi connectivity index (χ2n) is 2.97. The number of nitrogens with two attached hydrogens (primary N) is 1. The molecule has 0 saturated carbocycles. The van der Waals surface area contributed by atoms with Gasteiger partial charge in [-0.2, -0.15) is 0 Å². The van der Waals surface area contributed by atoms with Crippen LogP contribution in [0.1, 0.15) is 12.5 Å². The van der Waals surface area contributed by atoms with Crippen LogP contribution in [0.5, 0.6) is 0 Å². The third kappa shape index (κ3) is 8.42. The Hall–Kier alpha value is -0.580. The zero-order valence-corrected chi connectivity index (χ0v) is 9.71. The lowest BCUT2D eigenvalue weighted by Gasteiger charge is -1.97. The first-order chi connectivity index (χ1) is 7.24. The van der Waals surface area contributed by atoms with Gasteiger partial charge in [0, 0.05) is 6.54 Å². The molecule has 0 spiro atoms. The maximum atomic E-state index is 11.8. The summed E-state index contributed by atoms with van der Waals surface area (Å²) < 4.78 is 19.8. The Balaban J connectivity index is 0.000000265. The van der Waals surface area contributed by atoms with E-state index in [4.69, 9.17) is 10.3 Å². The molecule has 4 heteroatoms. The number of benzene rings is 1. The van der Waals surface area contributed by atoms with Crippen LogP contribution in [-0.2, 0) is 6.42 Å². The highest BCUT2D eigenvalue weighted by atomic mass is 32.2. The molecule has 0 aliphatic carbocycles. The first-order valence-electron chi connectivity index (χ1n) is 4.89. The van der Waals surface area contributed by atoms with Crippen molar-refractivity contribution in [1.29, 1.82) is 0 Å². The lowest BCUT2D eigenvalue weighted by molar-refractivity contribution is 0.373. The summed E-state index contributed by atoms with van der Waals surface area (Å²) in [5, 5.41) is 0. The second kappa shape index (κ2) is 9.96. The molecule has 0 amide bonds. The number of rotatable bonds is 4. The molecule has 1 unspecified atom stereocenters. The molecule has 2 nitrogen and oxygen atoms in total. The van der Waals surface area contributed by atoms with Crippen LogP contribution in [0.2, 0.25) is 0 Å². The molecule has 1 aromatic rings. The van der Waals surface area contributed by atoms with E-state index in [9.17, 15) is 4.39 Å². The molecule has 1 aromatic carbocycles. The van der Waals surface area contributed by atoms with E-state index in [1.165, 1.54) is 5.56 Å². The van der Waals surface area contributed by atoms with Gasteiger partial charge in [0.25, 0.3) is 0 Å². The summed E-state index contributed by atoms with van der Waals surface area (Å²) in [6, 6.07) is 10.5. The van der Waals surface area contributed by atoms with E-state index in [1.807, 2.05) is 6.07 Å². The van der Waals surface area contributed by atoms with Gasteiger partial charge in [0.15, 0.2) is 0 Å². The van der Waals surface area contributed by atoms with Gasteiger partial charge in [-0.3, -0.25) is 0 Å². The molecule has 86 valence electrons. The molecule has 0 aromatic heterocycles. The van der Waals surface area contributed by atoms with Crippen molar-refractivity contribution in [3.05, 3.63) is 35.9 Å². The van der Waals surface area contributed by atoms with Crippen molar-refractivity contribution in [3.63, 3.8) is 0 Å². The minimum atomic E-state index is -1.06. The van der Waals surface area contributed by atoms with Crippen molar-refractivity contribution in [2.75, 3.05) is 12.3 Å². The van der Waals surface area contributed by atoms with E-state index in [2.05, 4.69) is 31.2 Å². The normalized spacial score (nSPS) is 11.5. The topological polar surface area (TPSA) is 46.2 Å². The Bertz CT molecular complexity index is 233.